The van der Waals surface area contributed by atoms with Crippen molar-refractivity contribution < 1.29 is 14.6 Å². The zero-order chi connectivity index (χ0) is 24.7. The first-order chi connectivity index (χ1) is 16.1. The number of aliphatic hydroxyl groups is 1. The van der Waals surface area contributed by atoms with Gasteiger partial charge in [-0.25, -0.2) is 9.78 Å². The van der Waals surface area contributed by atoms with Crippen LogP contribution in [0.4, 0.5) is 4.79 Å². The Hall–Kier alpha value is -3.45. The molecule has 1 aliphatic rings. The van der Waals surface area contributed by atoms with Gasteiger partial charge in [0.15, 0.2) is 0 Å². The SMILES string of the molecule is CC(c1ccc(-c2cn(C)c(=O)cn2)cc1)N1CCC(CC(C)(C)O)OC1=O.c1ccccc1. The number of carbonyl (C=O) groups is 1. The van der Waals surface area contributed by atoms with E-state index in [4.69, 9.17) is 4.74 Å². The fraction of sp³-hybridized carbons (Fsp3) is 0.370. The normalized spacial score (nSPS) is 16.8. The Morgan fingerprint density at radius 1 is 1.09 bits per heavy atom. The lowest BCUT2D eigenvalue weighted by atomic mass is 9.97. The number of hydrogen-bond acceptors (Lipinski definition) is 5. The Kier molecular flexibility index (Phi) is 8.23. The largest absolute Gasteiger partial charge is 0.446 e. The van der Waals surface area contributed by atoms with Crippen LogP contribution in [0.3, 0.4) is 0 Å². The Balaban J connectivity index is 0.000000469. The van der Waals surface area contributed by atoms with Gasteiger partial charge in [-0.1, -0.05) is 60.7 Å². The maximum Gasteiger partial charge on any atom is 0.410 e. The number of carbonyl (C=O) groups excluding carboxylic acids is 1. The lowest BCUT2D eigenvalue weighted by molar-refractivity contribution is -0.0309. The van der Waals surface area contributed by atoms with Gasteiger partial charge in [-0.15, -0.1) is 0 Å². The van der Waals surface area contributed by atoms with Crippen LogP contribution >= 0.6 is 0 Å². The quantitative estimate of drug-likeness (QED) is 0.599. The summed E-state index contributed by atoms with van der Waals surface area (Å²) in [5, 5.41) is 9.93. The van der Waals surface area contributed by atoms with E-state index in [0.29, 0.717) is 25.1 Å². The van der Waals surface area contributed by atoms with E-state index >= 15 is 0 Å². The molecule has 1 aromatic heterocycles. The van der Waals surface area contributed by atoms with Gasteiger partial charge in [0.2, 0.25) is 0 Å². The van der Waals surface area contributed by atoms with Gasteiger partial charge in [-0.2, -0.15) is 0 Å². The molecule has 3 aromatic rings. The second-order valence-electron chi connectivity index (χ2n) is 9.18. The standard InChI is InChI=1S/C21H27N3O4.C6H6/c1-14(24-10-9-17(28-20(24)26)11-21(2,3)27)15-5-7-16(8-6-15)18-13-23(4)19(25)12-22-18;1-2-4-6-5-3-1/h5-8,12-14,17,27H,9-11H2,1-4H3;1-6H. The molecular weight excluding hydrogens is 430 g/mol. The molecule has 0 saturated carbocycles. The summed E-state index contributed by atoms with van der Waals surface area (Å²) < 4.78 is 7.01. The van der Waals surface area contributed by atoms with Crippen LogP contribution in [0, 0.1) is 0 Å². The summed E-state index contributed by atoms with van der Waals surface area (Å²) in [6.07, 6.45) is 3.53. The molecule has 180 valence electrons. The zero-order valence-corrected chi connectivity index (χ0v) is 20.2. The van der Waals surface area contributed by atoms with Crippen molar-refractivity contribution in [1.82, 2.24) is 14.5 Å². The third kappa shape index (κ3) is 7.02. The number of aromatic nitrogens is 2. The predicted molar refractivity (Wildman–Crippen MR) is 132 cm³/mol. The molecule has 4 rings (SSSR count). The van der Waals surface area contributed by atoms with Gasteiger partial charge in [0.25, 0.3) is 5.56 Å². The van der Waals surface area contributed by atoms with Gasteiger partial charge in [-0.3, -0.25) is 4.79 Å². The summed E-state index contributed by atoms with van der Waals surface area (Å²) in [6, 6.07) is 19.7. The molecule has 7 heteroatoms. The first kappa shape index (κ1) is 25.2. The number of benzene rings is 2. The number of nitrogens with zero attached hydrogens (tertiary/aromatic N) is 3. The highest BCUT2D eigenvalue weighted by Crippen LogP contribution is 2.29. The molecule has 0 radical (unpaired) electrons. The van der Waals surface area contributed by atoms with Crippen LogP contribution in [0.25, 0.3) is 11.3 Å². The van der Waals surface area contributed by atoms with Crippen molar-refractivity contribution >= 4 is 6.09 Å². The molecule has 0 aliphatic carbocycles. The minimum Gasteiger partial charge on any atom is -0.446 e. The monoisotopic (exact) mass is 463 g/mol. The van der Waals surface area contributed by atoms with E-state index in [1.165, 1.54) is 10.8 Å². The van der Waals surface area contributed by atoms with Crippen molar-refractivity contribution in [3.05, 3.63) is 89.0 Å². The van der Waals surface area contributed by atoms with Crippen molar-refractivity contribution in [2.45, 2.75) is 51.4 Å². The van der Waals surface area contributed by atoms with E-state index < -0.39 is 5.60 Å². The highest BCUT2D eigenvalue weighted by atomic mass is 16.6. The summed E-state index contributed by atoms with van der Waals surface area (Å²) in [6.45, 7) is 6.00. The molecule has 2 aromatic carbocycles. The average Bonchev–Trinajstić information content (AvgIpc) is 2.81. The molecule has 34 heavy (non-hydrogen) atoms. The van der Waals surface area contributed by atoms with Gasteiger partial charge in [0.05, 0.1) is 23.5 Å². The molecule has 1 fully saturated rings. The highest BCUT2D eigenvalue weighted by Gasteiger charge is 2.33. The van der Waals surface area contributed by atoms with Crippen LogP contribution in [0.1, 0.15) is 45.2 Å². The number of ether oxygens (including phenoxy) is 1. The van der Waals surface area contributed by atoms with E-state index in [-0.39, 0.29) is 23.8 Å². The van der Waals surface area contributed by atoms with Crippen molar-refractivity contribution in [3.8, 4) is 11.3 Å². The summed E-state index contributed by atoms with van der Waals surface area (Å²) in [5.74, 6) is 0. The molecule has 1 amide bonds. The van der Waals surface area contributed by atoms with Gasteiger partial charge in [0, 0.05) is 38.2 Å². The number of hydrogen-bond donors (Lipinski definition) is 1. The second kappa shape index (κ2) is 11.1. The van der Waals surface area contributed by atoms with Crippen LogP contribution in [0.15, 0.2) is 77.9 Å². The van der Waals surface area contributed by atoms with Crippen molar-refractivity contribution in [2.24, 2.45) is 7.05 Å². The Morgan fingerprint density at radius 2 is 1.68 bits per heavy atom. The topological polar surface area (TPSA) is 84.7 Å². The summed E-state index contributed by atoms with van der Waals surface area (Å²) in [5.41, 5.74) is 1.60. The summed E-state index contributed by atoms with van der Waals surface area (Å²) in [4.78, 5) is 29.8. The maximum atomic E-state index is 12.4. The fourth-order valence-corrected chi connectivity index (χ4v) is 3.84. The highest BCUT2D eigenvalue weighted by molar-refractivity contribution is 5.69. The molecule has 1 saturated heterocycles. The first-order valence-electron chi connectivity index (χ1n) is 11.5. The van der Waals surface area contributed by atoms with Gasteiger partial charge in [-0.05, 0) is 26.3 Å². The average molecular weight is 464 g/mol. The van der Waals surface area contributed by atoms with Crippen LogP contribution in [0.5, 0.6) is 0 Å². The number of aryl methyl sites for hydroxylation is 1. The van der Waals surface area contributed by atoms with Crippen molar-refractivity contribution in [2.75, 3.05) is 6.54 Å². The predicted octanol–water partition coefficient (Wildman–Crippen LogP) is 4.57. The number of rotatable bonds is 5. The first-order valence-corrected chi connectivity index (χ1v) is 11.5. The van der Waals surface area contributed by atoms with Gasteiger partial charge >= 0.3 is 6.09 Å². The zero-order valence-electron chi connectivity index (χ0n) is 20.2. The molecule has 0 bridgehead atoms. The molecule has 1 N–H and O–H groups in total. The molecule has 2 unspecified atom stereocenters. The number of cyclic esters (lactones) is 1. The molecule has 7 nitrogen and oxygen atoms in total. The van der Waals surface area contributed by atoms with Gasteiger partial charge in [0.1, 0.15) is 6.10 Å². The molecule has 2 heterocycles. The Morgan fingerprint density at radius 3 is 2.18 bits per heavy atom. The lowest BCUT2D eigenvalue weighted by Gasteiger charge is -2.37. The summed E-state index contributed by atoms with van der Waals surface area (Å²) >= 11 is 0. The third-order valence-corrected chi connectivity index (χ3v) is 5.72. The molecule has 1 aliphatic heterocycles. The van der Waals surface area contributed by atoms with E-state index in [2.05, 4.69) is 4.98 Å². The second-order valence-corrected chi connectivity index (χ2v) is 9.18. The Labute approximate surface area is 200 Å². The third-order valence-electron chi connectivity index (χ3n) is 5.72. The van der Waals surface area contributed by atoms with Crippen LogP contribution < -0.4 is 5.56 Å². The van der Waals surface area contributed by atoms with E-state index in [1.54, 1.807) is 32.0 Å². The lowest BCUT2D eigenvalue weighted by Crippen LogP contribution is -2.45. The minimum absolute atomic E-state index is 0.127. The van der Waals surface area contributed by atoms with E-state index in [0.717, 1.165) is 11.1 Å². The van der Waals surface area contributed by atoms with Crippen molar-refractivity contribution in [1.29, 1.82) is 0 Å². The van der Waals surface area contributed by atoms with E-state index in [1.807, 2.05) is 67.6 Å². The smallest absolute Gasteiger partial charge is 0.410 e. The van der Waals surface area contributed by atoms with Gasteiger partial charge < -0.3 is 19.3 Å². The summed E-state index contributed by atoms with van der Waals surface area (Å²) in [7, 11) is 1.69. The van der Waals surface area contributed by atoms with E-state index in [9.17, 15) is 14.7 Å². The number of amides is 1. The maximum absolute atomic E-state index is 12.4. The molecular formula is C27H33N3O4. The minimum atomic E-state index is -0.858. The Bertz CT molecular complexity index is 1090. The van der Waals surface area contributed by atoms with Crippen LogP contribution in [-0.4, -0.2) is 43.9 Å². The van der Waals surface area contributed by atoms with Crippen molar-refractivity contribution in [3.63, 3.8) is 0 Å². The fourth-order valence-electron chi connectivity index (χ4n) is 3.84. The molecule has 0 spiro atoms. The molecule has 2 atom stereocenters. The van der Waals surface area contributed by atoms with Crippen LogP contribution in [-0.2, 0) is 11.8 Å². The van der Waals surface area contributed by atoms with Crippen LogP contribution in [0.2, 0.25) is 0 Å².